The summed E-state index contributed by atoms with van der Waals surface area (Å²) in [6.07, 6.45) is 0. The van der Waals surface area contributed by atoms with E-state index in [1.807, 2.05) is 24.3 Å². The first-order valence-corrected chi connectivity index (χ1v) is 27.8. The lowest BCUT2D eigenvalue weighted by Crippen LogP contribution is -2.42. The van der Waals surface area contributed by atoms with E-state index in [1.54, 1.807) is 111 Å². The lowest BCUT2D eigenvalue weighted by atomic mass is 9.86. The highest BCUT2D eigenvalue weighted by atomic mass is 33.5. The molecule has 0 fully saturated rings. The average molecular weight is 1100 g/mol. The monoisotopic (exact) mass is 1100 g/mol. The second-order valence-corrected chi connectivity index (χ2v) is 24.0. The number of aromatic amines is 1. The Morgan fingerprint density at radius 1 is 0.378 bits per heavy atom. The summed E-state index contributed by atoms with van der Waals surface area (Å²) < 4.78 is 1.07. The van der Waals surface area contributed by atoms with Crippen molar-refractivity contribution in [3.05, 3.63) is 208 Å². The molecule has 7 aromatic carbocycles. The van der Waals surface area contributed by atoms with Crippen LogP contribution in [0.4, 0.5) is 5.69 Å². The van der Waals surface area contributed by atoms with Gasteiger partial charge in [0.2, 0.25) is 0 Å². The fraction of sp³-hybridized carbons (Fsp3) is 0.143. The minimum absolute atomic E-state index is 0. The summed E-state index contributed by atoms with van der Waals surface area (Å²) in [6, 6.07) is 39.9. The minimum atomic E-state index is -0.561. The van der Waals surface area contributed by atoms with Crippen molar-refractivity contribution in [1.29, 1.82) is 0 Å². The number of nitrogens with zero attached hydrogens (tertiary/aromatic N) is 3. The predicted octanol–water partition coefficient (Wildman–Crippen LogP) is 14.0. The Hall–Kier alpha value is -6.54. The molecule has 12 nitrogen and oxygen atoms in total. The van der Waals surface area contributed by atoms with E-state index < -0.39 is 45.9 Å². The van der Waals surface area contributed by atoms with Gasteiger partial charge in [0.15, 0.2) is 0 Å². The molecule has 0 spiro atoms. The molecule has 18 heteroatoms. The Bertz CT molecular complexity index is 3690. The van der Waals surface area contributed by atoms with Crippen LogP contribution >= 0.6 is 62.8 Å². The molecule has 2 aliphatic rings. The predicted molar refractivity (Wildman–Crippen MR) is 315 cm³/mol. The van der Waals surface area contributed by atoms with Crippen LogP contribution in [-0.4, -0.2) is 45.1 Å². The molecule has 11 rings (SSSR count). The molecule has 0 radical (unpaired) electrons. The molecule has 380 valence electrons. The number of fused-ring (bicyclic) bond motifs is 2. The number of aromatic nitrogens is 2. The molecular formula is C56H52N4O8S6. The van der Waals surface area contributed by atoms with E-state index >= 15 is 0 Å². The molecule has 0 saturated heterocycles. The summed E-state index contributed by atoms with van der Waals surface area (Å²) in [5, 5.41) is 1.23. The van der Waals surface area contributed by atoms with Gasteiger partial charge in [0, 0.05) is 59.7 Å². The topological polar surface area (TPSA) is 164 Å². The van der Waals surface area contributed by atoms with Crippen molar-refractivity contribution in [3.8, 4) is 5.69 Å². The number of H-pyrrole nitrogens is 1. The maximum absolute atomic E-state index is 13.5. The van der Waals surface area contributed by atoms with Gasteiger partial charge in [-0.05, 0) is 186 Å². The van der Waals surface area contributed by atoms with Crippen LogP contribution < -0.4 is 27.1 Å². The zero-order chi connectivity index (χ0) is 48.2. The van der Waals surface area contributed by atoms with Gasteiger partial charge in [0.25, 0.3) is 45.9 Å². The zero-order valence-corrected chi connectivity index (χ0v) is 41.2. The van der Waals surface area contributed by atoms with E-state index in [0.29, 0.717) is 44.4 Å². The number of hydrogen-bond donors (Lipinski definition) is 1. The second kappa shape index (κ2) is 23.8. The maximum atomic E-state index is 13.5. The fourth-order valence-electron chi connectivity index (χ4n) is 8.04. The molecule has 0 atom stereocenters. The van der Waals surface area contributed by atoms with Crippen LogP contribution in [0.15, 0.2) is 172 Å². The standard InChI is InChI=1S/C28H18N2O4S3.C23H14N2O4S3.5CH4/c1-15-3-7-17(8-4-15)35-37-36-18-9-5-16(6-10-18)30-27(33)21-13-11-19-23-20(26(32)29(2)25(19)31)12-14-22(24(21)23)28(30)34;1-12-2-6-14(7-3-12)30-32-31-15-8-4-13(5-9-15)25-22(28)18-10-16-17(11-19(18)23(25)29)21(27)24-20(16)26;;;;;/h3-14H,1-2H3;2-11H,1H3,(H,24,26,27);5*1H4. The quantitative estimate of drug-likeness (QED) is 0.102. The number of benzene rings is 7. The average Bonchev–Trinajstić information content (AvgIpc) is 3.78. The van der Waals surface area contributed by atoms with Crippen LogP contribution in [0.2, 0.25) is 0 Å². The lowest BCUT2D eigenvalue weighted by Gasteiger charge is -2.30. The minimum Gasteiger partial charge on any atom is -0.288 e. The largest absolute Gasteiger partial charge is 0.288 e. The van der Waals surface area contributed by atoms with Crippen LogP contribution in [0.5, 0.6) is 0 Å². The third-order valence-corrected chi connectivity index (χ3v) is 19.3. The smallest absolute Gasteiger partial charge is 0.266 e. The van der Waals surface area contributed by atoms with Crippen molar-refractivity contribution < 1.29 is 19.2 Å². The van der Waals surface area contributed by atoms with E-state index in [2.05, 4.69) is 67.4 Å². The van der Waals surface area contributed by atoms with Gasteiger partial charge < -0.3 is 0 Å². The Labute approximate surface area is 451 Å². The molecule has 2 aliphatic heterocycles. The molecule has 74 heavy (non-hydrogen) atoms. The molecular weight excluding hydrogens is 1050 g/mol. The molecule has 4 amide bonds. The molecule has 0 saturated carbocycles. The van der Waals surface area contributed by atoms with E-state index in [4.69, 9.17) is 0 Å². The third-order valence-electron chi connectivity index (χ3n) is 11.6. The summed E-state index contributed by atoms with van der Waals surface area (Å²) in [7, 11) is 11.2. The first kappa shape index (κ1) is 58.4. The number of rotatable bonds is 10. The van der Waals surface area contributed by atoms with Gasteiger partial charge in [-0.25, -0.2) is 9.47 Å². The van der Waals surface area contributed by atoms with Crippen molar-refractivity contribution in [2.75, 3.05) is 11.9 Å². The Balaban J connectivity index is 0.000000259. The highest BCUT2D eigenvalue weighted by molar-refractivity contribution is 9.09. The number of carbonyl (C=O) groups excluding carboxylic acids is 4. The third kappa shape index (κ3) is 10.7. The van der Waals surface area contributed by atoms with Gasteiger partial charge in [0.1, 0.15) is 0 Å². The summed E-state index contributed by atoms with van der Waals surface area (Å²) in [4.78, 5) is 111. The fourth-order valence-corrected chi connectivity index (χ4v) is 15.3. The summed E-state index contributed by atoms with van der Waals surface area (Å²) in [6.45, 7) is 4.11. The van der Waals surface area contributed by atoms with E-state index in [1.165, 1.54) is 30.3 Å². The van der Waals surface area contributed by atoms with E-state index in [-0.39, 0.29) is 58.7 Å². The highest BCUT2D eigenvalue weighted by Crippen LogP contribution is 2.46. The van der Waals surface area contributed by atoms with Crippen molar-refractivity contribution >= 4 is 124 Å². The van der Waals surface area contributed by atoms with Crippen molar-refractivity contribution in [2.24, 2.45) is 0 Å². The van der Waals surface area contributed by atoms with Gasteiger partial charge >= 0.3 is 0 Å². The van der Waals surface area contributed by atoms with E-state index in [9.17, 15) is 38.4 Å². The van der Waals surface area contributed by atoms with Crippen molar-refractivity contribution in [2.45, 2.75) is 70.6 Å². The lowest BCUT2D eigenvalue weighted by molar-refractivity contribution is 0.0649. The van der Waals surface area contributed by atoms with Crippen LogP contribution in [0.1, 0.15) is 89.7 Å². The Morgan fingerprint density at radius 2 is 0.689 bits per heavy atom. The molecule has 1 N–H and O–H groups in total. The first-order chi connectivity index (χ1) is 33.3. The molecule has 0 bridgehead atoms. The maximum Gasteiger partial charge on any atom is 0.266 e. The van der Waals surface area contributed by atoms with Crippen LogP contribution in [0, 0.1) is 13.8 Å². The summed E-state index contributed by atoms with van der Waals surface area (Å²) >= 11 is 0. The van der Waals surface area contributed by atoms with Crippen molar-refractivity contribution in [3.63, 3.8) is 0 Å². The molecule has 4 heterocycles. The number of carbonyl (C=O) groups is 4. The van der Waals surface area contributed by atoms with Crippen LogP contribution in [-0.2, 0) is 0 Å². The van der Waals surface area contributed by atoms with Gasteiger partial charge in [-0.1, -0.05) is 72.5 Å². The number of amides is 4. The molecule has 2 aromatic heterocycles. The van der Waals surface area contributed by atoms with Crippen molar-refractivity contribution in [1.82, 2.24) is 14.5 Å². The first-order valence-electron chi connectivity index (χ1n) is 20.9. The number of nitrogens with one attached hydrogen (secondary N) is 1. The number of anilines is 1. The van der Waals surface area contributed by atoms with Crippen LogP contribution in [0.25, 0.3) is 38.0 Å². The Kier molecular flexibility index (Phi) is 18.7. The molecule has 9 aromatic rings. The van der Waals surface area contributed by atoms with E-state index in [0.717, 1.165) is 33.9 Å². The van der Waals surface area contributed by atoms with Gasteiger partial charge in [-0.3, -0.25) is 48.2 Å². The number of aryl methyl sites for hydroxylation is 2. The molecule has 0 aliphatic carbocycles. The highest BCUT2D eigenvalue weighted by Gasteiger charge is 2.39. The second-order valence-electron chi connectivity index (χ2n) is 15.9. The number of hydrogen-bond acceptors (Lipinski definition) is 14. The van der Waals surface area contributed by atoms with Crippen LogP contribution in [0.3, 0.4) is 0 Å². The summed E-state index contributed by atoms with van der Waals surface area (Å²) in [5.41, 5.74) is 2.41. The van der Waals surface area contributed by atoms with Gasteiger partial charge in [0.05, 0.1) is 32.9 Å². The Morgan fingerprint density at radius 3 is 1.04 bits per heavy atom. The summed E-state index contributed by atoms with van der Waals surface area (Å²) in [5.74, 6) is -1.86. The van der Waals surface area contributed by atoms with Gasteiger partial charge in [-0.15, -0.1) is 0 Å². The number of imide groups is 2. The normalized spacial score (nSPS) is 12.3. The van der Waals surface area contributed by atoms with Gasteiger partial charge in [-0.2, -0.15) is 0 Å². The zero-order valence-electron chi connectivity index (χ0n) is 36.3. The molecule has 0 unspecified atom stereocenters. The SMILES string of the molecule is C.C.C.C.C.Cc1ccc(SSSc2ccc(-n3c(=O)c4cc5c(=O)[nH]c(=O)c5cc4c3=O)cc2)cc1.Cc1ccc(SSSc2ccc(N3C(=O)c4ccc5c6c(ccc(c46)C3=O)C(=O)N(C)C5=O)cc2)cc1.